The zero-order valence-electron chi connectivity index (χ0n) is 10.6. The second-order valence-corrected chi connectivity index (χ2v) is 7.00. The van der Waals surface area contributed by atoms with Crippen molar-refractivity contribution in [2.45, 2.75) is 18.0 Å². The number of nitrogens with zero attached hydrogens (tertiary/aromatic N) is 1. The highest BCUT2D eigenvalue weighted by Gasteiger charge is 2.25. The number of fused-ring (bicyclic) bond motifs is 1. The van der Waals surface area contributed by atoms with Gasteiger partial charge in [-0.3, -0.25) is 0 Å². The highest BCUT2D eigenvalue weighted by Crippen LogP contribution is 2.19. The number of nitrogens with one attached hydrogen (secondary N) is 2. The van der Waals surface area contributed by atoms with Gasteiger partial charge >= 0.3 is 0 Å². The zero-order chi connectivity index (χ0) is 13.3. The van der Waals surface area contributed by atoms with Crippen LogP contribution >= 0.6 is 0 Å². The molecule has 2 aromatic rings. The standard InChI is InChI=1S/C13H17N3O2S/c17-19(18,9-10-4-3-7-14-8-10)13-15-11-5-1-2-6-12(11)16-13/h1-2,5-6,10,14H,3-4,7-9H2,(H,15,16)/t10-/m1/s1. The van der Waals surface area contributed by atoms with Crippen LogP contribution in [0.3, 0.4) is 0 Å². The Morgan fingerprint density at radius 2 is 2.16 bits per heavy atom. The van der Waals surface area contributed by atoms with E-state index in [-0.39, 0.29) is 16.8 Å². The molecule has 0 unspecified atom stereocenters. The quantitative estimate of drug-likeness (QED) is 0.889. The summed E-state index contributed by atoms with van der Waals surface area (Å²) < 4.78 is 24.7. The van der Waals surface area contributed by atoms with E-state index in [1.54, 1.807) is 0 Å². The molecule has 1 atom stereocenters. The lowest BCUT2D eigenvalue weighted by Gasteiger charge is -2.21. The normalized spacial score (nSPS) is 20.7. The number of para-hydroxylation sites is 2. The zero-order valence-corrected chi connectivity index (χ0v) is 11.4. The lowest BCUT2D eigenvalue weighted by molar-refractivity contribution is 0.403. The van der Waals surface area contributed by atoms with E-state index in [0.717, 1.165) is 31.4 Å². The van der Waals surface area contributed by atoms with Gasteiger partial charge in [0.2, 0.25) is 15.0 Å². The van der Waals surface area contributed by atoms with Gasteiger partial charge in [0.15, 0.2) is 0 Å². The molecule has 0 saturated carbocycles. The highest BCUT2D eigenvalue weighted by atomic mass is 32.2. The van der Waals surface area contributed by atoms with Crippen molar-refractivity contribution in [1.29, 1.82) is 0 Å². The smallest absolute Gasteiger partial charge is 0.226 e. The van der Waals surface area contributed by atoms with Gasteiger partial charge < -0.3 is 10.3 Å². The fraction of sp³-hybridized carbons (Fsp3) is 0.462. The Labute approximate surface area is 112 Å². The number of benzene rings is 1. The first-order chi connectivity index (χ1) is 9.15. The SMILES string of the molecule is O=S(=O)(C[C@@H]1CCCNC1)c1nc2ccccc2[nH]1. The van der Waals surface area contributed by atoms with Crippen LogP contribution in [-0.2, 0) is 9.84 Å². The molecule has 2 heterocycles. The van der Waals surface area contributed by atoms with E-state index in [1.165, 1.54) is 0 Å². The summed E-state index contributed by atoms with van der Waals surface area (Å²) in [6.45, 7) is 1.76. The summed E-state index contributed by atoms with van der Waals surface area (Å²) in [7, 11) is -3.33. The van der Waals surface area contributed by atoms with E-state index in [9.17, 15) is 8.42 Å². The van der Waals surface area contributed by atoms with Crippen molar-refractivity contribution in [1.82, 2.24) is 15.3 Å². The average molecular weight is 279 g/mol. The first-order valence-corrected chi connectivity index (χ1v) is 8.18. The number of aromatic amines is 1. The molecule has 0 bridgehead atoms. The number of sulfone groups is 1. The van der Waals surface area contributed by atoms with Gasteiger partial charge in [-0.2, -0.15) is 0 Å². The van der Waals surface area contributed by atoms with Crippen LogP contribution in [0.5, 0.6) is 0 Å². The Hall–Kier alpha value is -1.40. The summed E-state index contributed by atoms with van der Waals surface area (Å²) in [6.07, 6.45) is 2.01. The van der Waals surface area contributed by atoms with Crippen molar-refractivity contribution in [3.8, 4) is 0 Å². The Bertz CT molecular complexity index is 639. The molecule has 6 heteroatoms. The van der Waals surface area contributed by atoms with Gasteiger partial charge in [0, 0.05) is 0 Å². The number of H-pyrrole nitrogens is 1. The lowest BCUT2D eigenvalue weighted by Crippen LogP contribution is -2.34. The molecule has 3 rings (SSSR count). The number of rotatable bonds is 3. The van der Waals surface area contributed by atoms with Gasteiger partial charge in [-0.1, -0.05) is 12.1 Å². The second-order valence-electron chi connectivity index (χ2n) is 5.05. The molecule has 1 fully saturated rings. The van der Waals surface area contributed by atoms with Crippen LogP contribution in [0.4, 0.5) is 0 Å². The van der Waals surface area contributed by atoms with Gasteiger partial charge in [-0.05, 0) is 44.0 Å². The van der Waals surface area contributed by atoms with Crippen LogP contribution in [0.2, 0.25) is 0 Å². The fourth-order valence-corrected chi connectivity index (χ4v) is 4.10. The molecule has 102 valence electrons. The van der Waals surface area contributed by atoms with Crippen molar-refractivity contribution < 1.29 is 8.42 Å². The van der Waals surface area contributed by atoms with Crippen LogP contribution in [0.25, 0.3) is 11.0 Å². The minimum atomic E-state index is -3.33. The minimum Gasteiger partial charge on any atom is -0.329 e. The second kappa shape index (κ2) is 4.94. The first-order valence-electron chi connectivity index (χ1n) is 6.53. The third-order valence-electron chi connectivity index (χ3n) is 3.52. The van der Waals surface area contributed by atoms with E-state index >= 15 is 0 Å². The summed E-state index contributed by atoms with van der Waals surface area (Å²) in [5.41, 5.74) is 1.46. The third-order valence-corrected chi connectivity index (χ3v) is 5.21. The average Bonchev–Trinajstić information content (AvgIpc) is 2.84. The molecule has 0 aliphatic carbocycles. The Kier molecular flexibility index (Phi) is 3.28. The van der Waals surface area contributed by atoms with Crippen molar-refractivity contribution in [2.75, 3.05) is 18.8 Å². The van der Waals surface area contributed by atoms with Crippen molar-refractivity contribution in [3.63, 3.8) is 0 Å². The van der Waals surface area contributed by atoms with E-state index < -0.39 is 9.84 Å². The predicted octanol–water partition coefficient (Wildman–Crippen LogP) is 1.34. The number of piperidine rings is 1. The highest BCUT2D eigenvalue weighted by molar-refractivity contribution is 7.91. The number of aromatic nitrogens is 2. The summed E-state index contributed by atoms with van der Waals surface area (Å²) in [5, 5.41) is 3.34. The van der Waals surface area contributed by atoms with Gasteiger partial charge in [0.25, 0.3) is 0 Å². The molecule has 1 aliphatic heterocycles. The van der Waals surface area contributed by atoms with Crippen LogP contribution in [0.15, 0.2) is 29.4 Å². The van der Waals surface area contributed by atoms with E-state index in [2.05, 4.69) is 15.3 Å². The summed E-state index contributed by atoms with van der Waals surface area (Å²) in [5.74, 6) is 0.353. The van der Waals surface area contributed by atoms with E-state index in [4.69, 9.17) is 0 Å². The van der Waals surface area contributed by atoms with Crippen molar-refractivity contribution >= 4 is 20.9 Å². The Balaban J connectivity index is 1.86. The van der Waals surface area contributed by atoms with Crippen molar-refractivity contribution in [2.24, 2.45) is 5.92 Å². The number of hydrogen-bond donors (Lipinski definition) is 2. The largest absolute Gasteiger partial charge is 0.329 e. The predicted molar refractivity (Wildman–Crippen MR) is 73.7 cm³/mol. The molecule has 0 spiro atoms. The molecule has 5 nitrogen and oxygen atoms in total. The number of imidazole rings is 1. The maximum Gasteiger partial charge on any atom is 0.226 e. The Morgan fingerprint density at radius 3 is 2.89 bits per heavy atom. The lowest BCUT2D eigenvalue weighted by atomic mass is 10.0. The topological polar surface area (TPSA) is 74.8 Å². The molecule has 2 N–H and O–H groups in total. The maximum atomic E-state index is 12.3. The molecule has 0 amide bonds. The molecular formula is C13H17N3O2S. The minimum absolute atomic E-state index is 0.0965. The third kappa shape index (κ3) is 2.64. The first kappa shape index (κ1) is 12.6. The molecule has 19 heavy (non-hydrogen) atoms. The van der Waals surface area contributed by atoms with Gasteiger partial charge in [-0.25, -0.2) is 13.4 Å². The maximum absolute atomic E-state index is 12.3. The summed E-state index contributed by atoms with van der Waals surface area (Å²) >= 11 is 0. The molecule has 1 aromatic carbocycles. The van der Waals surface area contributed by atoms with Crippen molar-refractivity contribution in [3.05, 3.63) is 24.3 Å². The molecular weight excluding hydrogens is 262 g/mol. The molecule has 0 radical (unpaired) electrons. The van der Waals surface area contributed by atoms with Gasteiger partial charge in [0.05, 0.1) is 16.8 Å². The summed E-state index contributed by atoms with van der Waals surface area (Å²) in [6, 6.07) is 7.36. The molecule has 1 aromatic heterocycles. The van der Waals surface area contributed by atoms with Gasteiger partial charge in [0.1, 0.15) is 0 Å². The van der Waals surface area contributed by atoms with Crippen LogP contribution < -0.4 is 5.32 Å². The molecule has 1 saturated heterocycles. The van der Waals surface area contributed by atoms with Crippen LogP contribution in [0.1, 0.15) is 12.8 Å². The summed E-state index contributed by atoms with van der Waals surface area (Å²) in [4.78, 5) is 7.09. The fourth-order valence-electron chi connectivity index (χ4n) is 2.53. The van der Waals surface area contributed by atoms with E-state index in [0.29, 0.717) is 5.52 Å². The van der Waals surface area contributed by atoms with E-state index in [1.807, 2.05) is 24.3 Å². The van der Waals surface area contributed by atoms with Gasteiger partial charge in [-0.15, -0.1) is 0 Å². The number of hydrogen-bond acceptors (Lipinski definition) is 4. The monoisotopic (exact) mass is 279 g/mol. The van der Waals surface area contributed by atoms with Crippen LogP contribution in [0, 0.1) is 5.92 Å². The van der Waals surface area contributed by atoms with Crippen LogP contribution in [-0.4, -0.2) is 37.2 Å². The Morgan fingerprint density at radius 1 is 1.32 bits per heavy atom. The molecule has 1 aliphatic rings.